The first-order chi connectivity index (χ1) is 9.40. The average molecular weight is 293 g/mol. The molecule has 0 fully saturated rings. The summed E-state index contributed by atoms with van der Waals surface area (Å²) in [6.45, 7) is 10.2. The summed E-state index contributed by atoms with van der Waals surface area (Å²) in [7, 11) is 0. The predicted molar refractivity (Wildman–Crippen MR) is 89.2 cm³/mol. The lowest BCUT2D eigenvalue weighted by atomic mass is 10.1. The fourth-order valence-electron chi connectivity index (χ4n) is 2.27. The van der Waals surface area contributed by atoms with E-state index in [1.807, 2.05) is 35.2 Å². The van der Waals surface area contributed by atoms with Crippen molar-refractivity contribution < 1.29 is 4.79 Å². The summed E-state index contributed by atoms with van der Waals surface area (Å²) in [5.41, 5.74) is 1.16. The molecule has 1 aromatic rings. The van der Waals surface area contributed by atoms with Gasteiger partial charge in [0, 0.05) is 13.1 Å². The zero-order valence-electron chi connectivity index (χ0n) is 13.0. The van der Waals surface area contributed by atoms with Crippen molar-refractivity contribution in [2.45, 2.75) is 39.4 Å². The number of thiol groups is 1. The van der Waals surface area contributed by atoms with Crippen molar-refractivity contribution in [2.75, 3.05) is 13.1 Å². The van der Waals surface area contributed by atoms with E-state index in [1.54, 1.807) is 0 Å². The number of carbonyl (C=O) groups excluding carboxylic acids is 1. The molecule has 1 atom stereocenters. The zero-order valence-corrected chi connectivity index (χ0v) is 13.9. The second-order valence-corrected chi connectivity index (χ2v) is 6.86. The van der Waals surface area contributed by atoms with Gasteiger partial charge in [-0.25, -0.2) is 0 Å². The van der Waals surface area contributed by atoms with Crippen LogP contribution in [0.2, 0.25) is 0 Å². The van der Waals surface area contributed by atoms with Gasteiger partial charge >= 0.3 is 0 Å². The first kappa shape index (κ1) is 17.1. The highest BCUT2D eigenvalue weighted by molar-refractivity contribution is 7.81. The molecular weight excluding hydrogens is 266 g/mol. The predicted octanol–water partition coefficient (Wildman–Crippen LogP) is 3.67. The van der Waals surface area contributed by atoms with Crippen LogP contribution in [0.4, 0.5) is 0 Å². The SMILES string of the molecule is CC(C)CN(CC(C)C)C(=O)C(S)Cc1ccccc1. The van der Waals surface area contributed by atoms with E-state index in [0.29, 0.717) is 18.3 Å². The Kier molecular flexibility index (Phi) is 7.14. The normalized spacial score (nSPS) is 12.8. The molecule has 1 rings (SSSR count). The molecule has 1 amide bonds. The van der Waals surface area contributed by atoms with Gasteiger partial charge < -0.3 is 4.90 Å². The van der Waals surface area contributed by atoms with E-state index >= 15 is 0 Å². The Hall–Kier alpha value is -0.960. The lowest BCUT2D eigenvalue weighted by Crippen LogP contribution is -2.42. The number of amides is 1. The maximum atomic E-state index is 12.6. The van der Waals surface area contributed by atoms with Crippen molar-refractivity contribution in [3.05, 3.63) is 35.9 Å². The molecule has 1 unspecified atom stereocenters. The van der Waals surface area contributed by atoms with E-state index in [4.69, 9.17) is 0 Å². The first-order valence-electron chi connectivity index (χ1n) is 7.41. The molecular formula is C17H27NOS. The Labute approximate surface area is 129 Å². The second kappa shape index (κ2) is 8.35. The quantitative estimate of drug-likeness (QED) is 0.761. The van der Waals surface area contributed by atoms with Crippen LogP contribution >= 0.6 is 12.6 Å². The maximum Gasteiger partial charge on any atom is 0.235 e. The Morgan fingerprint density at radius 1 is 1.05 bits per heavy atom. The van der Waals surface area contributed by atoms with Crippen LogP contribution in [0.5, 0.6) is 0 Å². The Morgan fingerprint density at radius 2 is 1.55 bits per heavy atom. The molecule has 0 aliphatic heterocycles. The number of carbonyl (C=O) groups is 1. The fourth-order valence-corrected chi connectivity index (χ4v) is 2.65. The average Bonchev–Trinajstić information content (AvgIpc) is 2.37. The van der Waals surface area contributed by atoms with Gasteiger partial charge in [0.1, 0.15) is 0 Å². The van der Waals surface area contributed by atoms with Crippen LogP contribution in [0.25, 0.3) is 0 Å². The molecule has 0 saturated heterocycles. The van der Waals surface area contributed by atoms with Crippen molar-refractivity contribution in [2.24, 2.45) is 11.8 Å². The maximum absolute atomic E-state index is 12.6. The number of benzene rings is 1. The molecule has 0 saturated carbocycles. The highest BCUT2D eigenvalue weighted by atomic mass is 32.1. The van der Waals surface area contributed by atoms with Crippen LogP contribution in [-0.4, -0.2) is 29.1 Å². The van der Waals surface area contributed by atoms with Crippen LogP contribution in [0.1, 0.15) is 33.3 Å². The molecule has 0 N–H and O–H groups in total. The van der Waals surface area contributed by atoms with E-state index < -0.39 is 0 Å². The molecule has 20 heavy (non-hydrogen) atoms. The second-order valence-electron chi connectivity index (χ2n) is 6.24. The summed E-state index contributed by atoms with van der Waals surface area (Å²) in [6.07, 6.45) is 0.690. The third-order valence-electron chi connectivity index (χ3n) is 3.04. The van der Waals surface area contributed by atoms with Crippen molar-refractivity contribution in [3.63, 3.8) is 0 Å². The Balaban J connectivity index is 2.67. The third-order valence-corrected chi connectivity index (χ3v) is 3.44. The summed E-state index contributed by atoms with van der Waals surface area (Å²) in [4.78, 5) is 14.5. The summed E-state index contributed by atoms with van der Waals surface area (Å²) in [5.74, 6) is 1.12. The van der Waals surface area contributed by atoms with E-state index in [1.165, 1.54) is 0 Å². The molecule has 0 aliphatic carbocycles. The Morgan fingerprint density at radius 3 is 2.00 bits per heavy atom. The van der Waals surface area contributed by atoms with Gasteiger partial charge in [-0.3, -0.25) is 4.79 Å². The van der Waals surface area contributed by atoms with Gasteiger partial charge in [0.15, 0.2) is 0 Å². The molecule has 0 heterocycles. The van der Waals surface area contributed by atoms with Gasteiger partial charge in [-0.1, -0.05) is 58.0 Å². The molecule has 0 radical (unpaired) electrons. The van der Waals surface area contributed by atoms with Crippen LogP contribution in [-0.2, 0) is 11.2 Å². The van der Waals surface area contributed by atoms with Gasteiger partial charge in [-0.2, -0.15) is 12.6 Å². The van der Waals surface area contributed by atoms with Gasteiger partial charge in [0.25, 0.3) is 0 Å². The summed E-state index contributed by atoms with van der Waals surface area (Å²) in [6, 6.07) is 10.1. The van der Waals surface area contributed by atoms with E-state index in [2.05, 4.69) is 40.3 Å². The fraction of sp³-hybridized carbons (Fsp3) is 0.588. The number of hydrogen-bond donors (Lipinski definition) is 1. The van der Waals surface area contributed by atoms with Crippen molar-refractivity contribution in [1.82, 2.24) is 4.90 Å². The minimum atomic E-state index is -0.255. The smallest absolute Gasteiger partial charge is 0.235 e. The van der Waals surface area contributed by atoms with Gasteiger partial charge in [-0.05, 0) is 23.8 Å². The van der Waals surface area contributed by atoms with Crippen LogP contribution < -0.4 is 0 Å². The molecule has 3 heteroatoms. The number of nitrogens with zero attached hydrogens (tertiary/aromatic N) is 1. The minimum absolute atomic E-state index is 0.152. The lowest BCUT2D eigenvalue weighted by Gasteiger charge is -2.28. The first-order valence-corrected chi connectivity index (χ1v) is 7.92. The van der Waals surface area contributed by atoms with Crippen molar-refractivity contribution in [3.8, 4) is 0 Å². The molecule has 0 aromatic heterocycles. The Bertz CT molecular complexity index is 393. The monoisotopic (exact) mass is 293 g/mol. The van der Waals surface area contributed by atoms with Gasteiger partial charge in [0.2, 0.25) is 5.91 Å². The minimum Gasteiger partial charge on any atom is -0.341 e. The number of hydrogen-bond acceptors (Lipinski definition) is 2. The van der Waals surface area contributed by atoms with Gasteiger partial charge in [-0.15, -0.1) is 0 Å². The van der Waals surface area contributed by atoms with Gasteiger partial charge in [0.05, 0.1) is 5.25 Å². The molecule has 112 valence electrons. The van der Waals surface area contributed by atoms with Crippen LogP contribution in [0.3, 0.4) is 0 Å². The standard InChI is InChI=1S/C17H27NOS/c1-13(2)11-18(12-14(3)4)17(19)16(20)10-15-8-6-5-7-9-15/h5-9,13-14,16,20H,10-12H2,1-4H3. The highest BCUT2D eigenvalue weighted by Crippen LogP contribution is 2.13. The van der Waals surface area contributed by atoms with E-state index in [0.717, 1.165) is 18.7 Å². The summed E-state index contributed by atoms with van der Waals surface area (Å²) in [5, 5.41) is -0.255. The molecule has 0 aliphatic rings. The third kappa shape index (κ3) is 6.00. The molecule has 2 nitrogen and oxygen atoms in total. The zero-order chi connectivity index (χ0) is 15.1. The van der Waals surface area contributed by atoms with Crippen LogP contribution in [0.15, 0.2) is 30.3 Å². The summed E-state index contributed by atoms with van der Waals surface area (Å²) >= 11 is 4.53. The molecule has 1 aromatic carbocycles. The molecule has 0 bridgehead atoms. The van der Waals surface area contributed by atoms with E-state index in [9.17, 15) is 4.79 Å². The van der Waals surface area contributed by atoms with E-state index in [-0.39, 0.29) is 11.2 Å². The van der Waals surface area contributed by atoms with Crippen molar-refractivity contribution in [1.29, 1.82) is 0 Å². The van der Waals surface area contributed by atoms with Crippen LogP contribution in [0, 0.1) is 11.8 Å². The largest absolute Gasteiger partial charge is 0.341 e. The topological polar surface area (TPSA) is 20.3 Å². The lowest BCUT2D eigenvalue weighted by molar-refractivity contribution is -0.131. The highest BCUT2D eigenvalue weighted by Gasteiger charge is 2.22. The molecule has 0 spiro atoms. The number of rotatable bonds is 7. The summed E-state index contributed by atoms with van der Waals surface area (Å²) < 4.78 is 0. The van der Waals surface area contributed by atoms with Crippen molar-refractivity contribution >= 4 is 18.5 Å².